The smallest absolute Gasteiger partial charge is 0.261 e. The third kappa shape index (κ3) is 5.93. The van der Waals surface area contributed by atoms with Crippen LogP contribution in [0.5, 0.6) is 0 Å². The van der Waals surface area contributed by atoms with Crippen molar-refractivity contribution in [3.05, 3.63) is 70.8 Å². The first-order chi connectivity index (χ1) is 16.4. The summed E-state index contributed by atoms with van der Waals surface area (Å²) >= 11 is 0. The molecule has 2 aromatic carbocycles. The molecule has 2 heterocycles. The quantitative estimate of drug-likeness (QED) is 0.396. The van der Waals surface area contributed by atoms with Gasteiger partial charge in [0, 0.05) is 23.8 Å². The zero-order valence-corrected chi connectivity index (χ0v) is 20.7. The molecular formula is C21H20ClN3O8S2. The van der Waals surface area contributed by atoms with Crippen LogP contribution in [0.15, 0.2) is 48.5 Å². The molecule has 14 heteroatoms. The zero-order valence-electron chi connectivity index (χ0n) is 18.3. The van der Waals surface area contributed by atoms with Gasteiger partial charge in [-0.3, -0.25) is 29.0 Å². The normalized spacial score (nSPS) is 15.1. The summed E-state index contributed by atoms with van der Waals surface area (Å²) in [5.41, 5.74) is 1.24. The highest BCUT2D eigenvalue weighted by atomic mass is 35.7. The fourth-order valence-electron chi connectivity index (χ4n) is 3.40. The van der Waals surface area contributed by atoms with Crippen molar-refractivity contribution in [2.24, 2.45) is 0 Å². The van der Waals surface area contributed by atoms with Gasteiger partial charge in [0.05, 0.1) is 33.8 Å². The van der Waals surface area contributed by atoms with Crippen LogP contribution in [0.4, 0.5) is 0 Å². The molecule has 0 bridgehead atoms. The summed E-state index contributed by atoms with van der Waals surface area (Å²) in [4.78, 5) is 49.2. The van der Waals surface area contributed by atoms with Gasteiger partial charge in [0.2, 0.25) is 19.1 Å². The lowest BCUT2D eigenvalue weighted by Crippen LogP contribution is -2.36. The van der Waals surface area contributed by atoms with Crippen LogP contribution >= 0.6 is 10.7 Å². The van der Waals surface area contributed by atoms with Crippen molar-refractivity contribution in [1.82, 2.24) is 14.5 Å². The average Bonchev–Trinajstić information content (AvgIpc) is 3.21. The minimum Gasteiger partial charge on any atom is -0.273 e. The minimum absolute atomic E-state index is 0.143. The number of carbonyl (C=O) groups excluding carboxylic acids is 4. The number of rotatable bonds is 7. The molecule has 0 radical (unpaired) electrons. The van der Waals surface area contributed by atoms with E-state index in [1.54, 1.807) is 36.4 Å². The largest absolute Gasteiger partial charge is 0.273 e. The van der Waals surface area contributed by atoms with Crippen LogP contribution in [0.3, 0.4) is 0 Å². The first-order valence-corrected chi connectivity index (χ1v) is 14.2. The van der Waals surface area contributed by atoms with E-state index in [-0.39, 0.29) is 18.8 Å². The molecule has 0 aromatic heterocycles. The van der Waals surface area contributed by atoms with Gasteiger partial charge in [0.1, 0.15) is 0 Å². The van der Waals surface area contributed by atoms with E-state index in [1.165, 1.54) is 19.2 Å². The lowest BCUT2D eigenvalue weighted by molar-refractivity contribution is 0.0648. The van der Waals surface area contributed by atoms with Gasteiger partial charge in [-0.25, -0.2) is 21.6 Å². The second-order valence-electron chi connectivity index (χ2n) is 7.38. The number of hydrogen-bond acceptors (Lipinski definition) is 8. The second-order valence-corrected chi connectivity index (χ2v) is 12.3. The first-order valence-electron chi connectivity index (χ1n) is 10.1. The van der Waals surface area contributed by atoms with E-state index in [2.05, 4.69) is 4.72 Å². The molecule has 2 aliphatic rings. The van der Waals surface area contributed by atoms with Gasteiger partial charge in [0.25, 0.3) is 23.6 Å². The van der Waals surface area contributed by atoms with Gasteiger partial charge in [-0.15, -0.1) is 0 Å². The average molecular weight is 542 g/mol. The molecule has 0 saturated carbocycles. The molecule has 2 aromatic rings. The fraction of sp³-hybridized carbons (Fsp3) is 0.238. The summed E-state index contributed by atoms with van der Waals surface area (Å²) in [6.07, 6.45) is 0. The summed E-state index contributed by atoms with van der Waals surface area (Å²) in [7, 11) is -0.826. The topological polar surface area (TPSA) is 155 Å². The number of nitrogens with zero attached hydrogens (tertiary/aromatic N) is 2. The molecule has 0 aliphatic carbocycles. The van der Waals surface area contributed by atoms with E-state index >= 15 is 0 Å². The predicted molar refractivity (Wildman–Crippen MR) is 126 cm³/mol. The molecular weight excluding hydrogens is 522 g/mol. The number of fused-ring (bicyclic) bond motifs is 2. The number of imide groups is 2. The van der Waals surface area contributed by atoms with Crippen LogP contribution in [-0.2, 0) is 19.1 Å². The van der Waals surface area contributed by atoms with Crippen LogP contribution in [0, 0.1) is 0 Å². The van der Waals surface area contributed by atoms with Crippen LogP contribution in [-0.4, -0.2) is 81.9 Å². The number of benzene rings is 2. The van der Waals surface area contributed by atoms with Crippen molar-refractivity contribution >= 4 is 53.4 Å². The lowest BCUT2D eigenvalue weighted by atomic mass is 10.1. The SMILES string of the molecule is CNS(=O)(=O)CCN1C(=O)c2ccccc2C1=O.O=C1c2ccccc2C(=O)N1CCS(=O)(=O)Cl. The Balaban J connectivity index is 0.000000196. The van der Waals surface area contributed by atoms with Crippen molar-refractivity contribution in [3.8, 4) is 0 Å². The van der Waals surface area contributed by atoms with E-state index in [9.17, 15) is 36.0 Å². The van der Waals surface area contributed by atoms with Crippen molar-refractivity contribution in [2.45, 2.75) is 0 Å². The van der Waals surface area contributed by atoms with Crippen LogP contribution in [0.25, 0.3) is 0 Å². The molecule has 4 amide bonds. The maximum Gasteiger partial charge on any atom is 0.261 e. The molecule has 0 atom stereocenters. The molecule has 0 unspecified atom stereocenters. The highest BCUT2D eigenvalue weighted by Gasteiger charge is 2.36. The van der Waals surface area contributed by atoms with E-state index in [0.717, 1.165) is 9.80 Å². The highest BCUT2D eigenvalue weighted by Crippen LogP contribution is 2.23. The van der Waals surface area contributed by atoms with Gasteiger partial charge >= 0.3 is 0 Å². The van der Waals surface area contributed by atoms with Crippen molar-refractivity contribution < 1.29 is 36.0 Å². The van der Waals surface area contributed by atoms with Gasteiger partial charge in [-0.1, -0.05) is 24.3 Å². The number of carbonyl (C=O) groups is 4. The highest BCUT2D eigenvalue weighted by molar-refractivity contribution is 8.13. The number of amides is 4. The van der Waals surface area contributed by atoms with Gasteiger partial charge in [-0.2, -0.15) is 0 Å². The maximum atomic E-state index is 11.9. The summed E-state index contributed by atoms with van der Waals surface area (Å²) < 4.78 is 46.3. The Morgan fingerprint density at radius 3 is 1.26 bits per heavy atom. The van der Waals surface area contributed by atoms with Crippen molar-refractivity contribution in [1.29, 1.82) is 0 Å². The third-order valence-corrected chi connectivity index (χ3v) is 7.68. The van der Waals surface area contributed by atoms with Crippen LogP contribution in [0.1, 0.15) is 41.4 Å². The first kappa shape index (κ1) is 26.5. The Hall–Kier alpha value is -3.13. The molecule has 186 valence electrons. The standard InChI is InChI=1S/C11H12N2O4S.C10H8ClNO4S/c1-12-18(16,17)7-6-13-10(14)8-4-2-3-5-9(8)11(13)15;11-17(15,16)6-5-12-9(13)7-3-1-2-4-8(7)10(12)14/h2-5,12H,6-7H2,1H3;1-4H,5-6H2. The number of hydrogen-bond donors (Lipinski definition) is 1. The van der Waals surface area contributed by atoms with Crippen LogP contribution in [0.2, 0.25) is 0 Å². The van der Waals surface area contributed by atoms with Gasteiger partial charge in [0.15, 0.2) is 0 Å². The van der Waals surface area contributed by atoms with E-state index in [1.807, 2.05) is 0 Å². The second kappa shape index (κ2) is 10.2. The number of nitrogens with one attached hydrogen (secondary N) is 1. The molecule has 4 rings (SSSR count). The Labute approximate surface area is 206 Å². The lowest BCUT2D eigenvalue weighted by Gasteiger charge is -2.13. The summed E-state index contributed by atoms with van der Waals surface area (Å²) in [5, 5.41) is 0. The van der Waals surface area contributed by atoms with Crippen LogP contribution < -0.4 is 4.72 Å². The summed E-state index contributed by atoms with van der Waals surface area (Å²) in [6.45, 7) is -0.367. The predicted octanol–water partition coefficient (Wildman–Crippen LogP) is 0.683. The number of sulfonamides is 1. The summed E-state index contributed by atoms with van der Waals surface area (Å²) in [6, 6.07) is 12.8. The Morgan fingerprint density at radius 2 is 0.971 bits per heavy atom. The van der Waals surface area contributed by atoms with Crippen molar-refractivity contribution in [2.75, 3.05) is 31.6 Å². The molecule has 0 spiro atoms. The molecule has 2 aliphatic heterocycles. The molecule has 1 N–H and O–H groups in total. The zero-order chi connectivity index (χ0) is 26.0. The Morgan fingerprint density at radius 1 is 0.657 bits per heavy atom. The Kier molecular flexibility index (Phi) is 7.74. The monoisotopic (exact) mass is 541 g/mol. The molecule has 35 heavy (non-hydrogen) atoms. The molecule has 11 nitrogen and oxygen atoms in total. The fourth-order valence-corrected chi connectivity index (χ4v) is 4.63. The van der Waals surface area contributed by atoms with E-state index < -0.39 is 48.5 Å². The maximum absolute atomic E-state index is 11.9. The molecule has 0 saturated heterocycles. The number of halogens is 1. The van der Waals surface area contributed by atoms with Crippen molar-refractivity contribution in [3.63, 3.8) is 0 Å². The summed E-state index contributed by atoms with van der Waals surface area (Å²) in [5.74, 6) is -2.59. The van der Waals surface area contributed by atoms with E-state index in [4.69, 9.17) is 10.7 Å². The van der Waals surface area contributed by atoms with E-state index in [0.29, 0.717) is 22.3 Å². The Bertz CT molecular complexity index is 1350. The van der Waals surface area contributed by atoms with Gasteiger partial charge < -0.3 is 0 Å². The van der Waals surface area contributed by atoms with Gasteiger partial charge in [-0.05, 0) is 31.3 Å². The third-order valence-electron chi connectivity index (χ3n) is 5.21. The minimum atomic E-state index is -3.72. The molecule has 0 fully saturated rings.